The number of aliphatic carboxylic acids is 1. The van der Waals surface area contributed by atoms with Gasteiger partial charge in [0.15, 0.2) is 0 Å². The molecule has 1 aliphatic heterocycles. The molecule has 1 fully saturated rings. The number of rotatable bonds is 5. The molecule has 0 unspecified atom stereocenters. The van der Waals surface area contributed by atoms with Gasteiger partial charge in [-0.3, -0.25) is 14.5 Å². The van der Waals surface area contributed by atoms with Gasteiger partial charge in [-0.25, -0.2) is 0 Å². The number of nitrogens with zero attached hydrogens (tertiary/aromatic N) is 1. The molecule has 0 radical (unpaired) electrons. The molecule has 3 rings (SSSR count). The highest BCUT2D eigenvalue weighted by atomic mass is 16.4. The average Bonchev–Trinajstić information content (AvgIpc) is 3.15. The van der Waals surface area contributed by atoms with E-state index in [0.29, 0.717) is 6.54 Å². The van der Waals surface area contributed by atoms with Gasteiger partial charge in [0, 0.05) is 25.2 Å². The van der Waals surface area contributed by atoms with E-state index in [1.54, 1.807) is 0 Å². The van der Waals surface area contributed by atoms with E-state index in [-0.39, 0.29) is 11.4 Å². The number of carboxylic acid groups (broad SMARTS) is 1. The Labute approximate surface area is 149 Å². The molecule has 2 aliphatic rings. The summed E-state index contributed by atoms with van der Waals surface area (Å²) in [5, 5.41) is 12.2. The van der Waals surface area contributed by atoms with E-state index in [4.69, 9.17) is 0 Å². The summed E-state index contributed by atoms with van der Waals surface area (Å²) in [5.74, 6) is -2.01. The number of hydrogen-bond donors (Lipinski definition) is 2. The Hall–Kier alpha value is -1.88. The number of nitrogens with one attached hydrogen (secondary N) is 1. The first-order valence-electron chi connectivity index (χ1n) is 8.97. The minimum Gasteiger partial charge on any atom is -0.481 e. The first kappa shape index (κ1) is 17.9. The molecule has 2 atom stereocenters. The predicted octanol–water partition coefficient (Wildman–Crippen LogP) is 2.30. The highest BCUT2D eigenvalue weighted by molar-refractivity contribution is 5.91. The largest absolute Gasteiger partial charge is 0.481 e. The van der Waals surface area contributed by atoms with Gasteiger partial charge in [-0.15, -0.1) is 0 Å². The van der Waals surface area contributed by atoms with E-state index >= 15 is 0 Å². The van der Waals surface area contributed by atoms with Crippen LogP contribution in [0.15, 0.2) is 24.3 Å². The molecule has 2 N–H and O–H groups in total. The van der Waals surface area contributed by atoms with Crippen LogP contribution < -0.4 is 5.32 Å². The smallest absolute Gasteiger partial charge is 0.307 e. The van der Waals surface area contributed by atoms with Gasteiger partial charge in [0.1, 0.15) is 0 Å². The Morgan fingerprint density at radius 1 is 1.24 bits per heavy atom. The molecule has 1 amide bonds. The van der Waals surface area contributed by atoms with Gasteiger partial charge in [-0.2, -0.15) is 0 Å². The second-order valence-electron chi connectivity index (χ2n) is 8.59. The van der Waals surface area contributed by atoms with E-state index in [1.165, 1.54) is 11.1 Å². The van der Waals surface area contributed by atoms with Crippen molar-refractivity contribution in [1.82, 2.24) is 10.2 Å². The van der Waals surface area contributed by atoms with Crippen LogP contribution in [-0.2, 0) is 22.6 Å². The molecule has 5 nitrogen and oxygen atoms in total. The quantitative estimate of drug-likeness (QED) is 0.860. The van der Waals surface area contributed by atoms with Crippen LogP contribution in [0.2, 0.25) is 0 Å². The molecule has 0 saturated heterocycles. The first-order chi connectivity index (χ1) is 11.6. The third kappa shape index (κ3) is 3.30. The Morgan fingerprint density at radius 3 is 2.48 bits per heavy atom. The molecule has 0 spiro atoms. The van der Waals surface area contributed by atoms with Crippen LogP contribution in [0.1, 0.15) is 38.8 Å². The fourth-order valence-electron chi connectivity index (χ4n) is 4.13. The Morgan fingerprint density at radius 2 is 1.88 bits per heavy atom. The fourth-order valence-corrected chi connectivity index (χ4v) is 4.13. The standard InChI is InChI=1S/C20H28N2O3/c1-19(2,22-10-9-13-7-5-6-8-14(13)11-22)12-21-17(23)15-16(18(24)25)20(15,3)4/h5-8,15-16H,9-12H2,1-4H3,(H,21,23)(H,24,25)/t15-,16+/m0/s1. The fraction of sp³-hybridized carbons (Fsp3) is 0.600. The Bertz CT molecular complexity index is 696. The lowest BCUT2D eigenvalue weighted by Crippen LogP contribution is -2.53. The lowest BCUT2D eigenvalue weighted by atomic mass is 9.94. The summed E-state index contributed by atoms with van der Waals surface area (Å²) in [4.78, 5) is 26.1. The number of carbonyl (C=O) groups is 2. The SMILES string of the molecule is CC1(C)[C@H](C(=O)NCC(C)(C)N2CCc3ccccc3C2)[C@@H]1C(=O)O. The molecule has 1 heterocycles. The van der Waals surface area contributed by atoms with Gasteiger partial charge in [0.05, 0.1) is 11.8 Å². The van der Waals surface area contributed by atoms with Crippen molar-refractivity contribution in [3.05, 3.63) is 35.4 Å². The van der Waals surface area contributed by atoms with Gasteiger partial charge >= 0.3 is 5.97 Å². The van der Waals surface area contributed by atoms with Gasteiger partial charge in [-0.05, 0) is 36.8 Å². The predicted molar refractivity (Wildman–Crippen MR) is 96.0 cm³/mol. The molecule has 0 bridgehead atoms. The lowest BCUT2D eigenvalue weighted by molar-refractivity contribution is -0.140. The summed E-state index contributed by atoms with van der Waals surface area (Å²) < 4.78 is 0. The molecular formula is C20H28N2O3. The summed E-state index contributed by atoms with van der Waals surface area (Å²) in [6.07, 6.45) is 1.02. The number of carboxylic acids is 1. The summed E-state index contributed by atoms with van der Waals surface area (Å²) >= 11 is 0. The van der Waals surface area contributed by atoms with Crippen molar-refractivity contribution >= 4 is 11.9 Å². The maximum absolute atomic E-state index is 12.5. The molecule has 25 heavy (non-hydrogen) atoms. The highest BCUT2D eigenvalue weighted by Crippen LogP contribution is 2.58. The molecule has 1 aromatic carbocycles. The molecule has 136 valence electrons. The molecular weight excluding hydrogens is 316 g/mol. The van der Waals surface area contributed by atoms with Crippen LogP contribution in [0.3, 0.4) is 0 Å². The molecule has 1 aliphatic carbocycles. The van der Waals surface area contributed by atoms with Crippen LogP contribution in [0.4, 0.5) is 0 Å². The molecule has 0 aromatic heterocycles. The minimum atomic E-state index is -0.878. The monoisotopic (exact) mass is 344 g/mol. The van der Waals surface area contributed by atoms with Crippen molar-refractivity contribution in [3.8, 4) is 0 Å². The summed E-state index contributed by atoms with van der Waals surface area (Å²) in [7, 11) is 0. The Kier molecular flexibility index (Phi) is 4.40. The summed E-state index contributed by atoms with van der Waals surface area (Å²) in [6, 6.07) is 8.50. The van der Waals surface area contributed by atoms with Crippen molar-refractivity contribution in [1.29, 1.82) is 0 Å². The van der Waals surface area contributed by atoms with Crippen LogP contribution in [0.5, 0.6) is 0 Å². The number of fused-ring (bicyclic) bond motifs is 1. The van der Waals surface area contributed by atoms with Crippen molar-refractivity contribution < 1.29 is 14.7 Å². The molecule has 5 heteroatoms. The number of hydrogen-bond acceptors (Lipinski definition) is 3. The number of benzene rings is 1. The second kappa shape index (κ2) is 6.13. The van der Waals surface area contributed by atoms with Gasteiger partial charge in [0.2, 0.25) is 5.91 Å². The average molecular weight is 344 g/mol. The van der Waals surface area contributed by atoms with E-state index in [9.17, 15) is 14.7 Å². The van der Waals surface area contributed by atoms with Crippen LogP contribution in [0.25, 0.3) is 0 Å². The second-order valence-corrected chi connectivity index (χ2v) is 8.59. The first-order valence-corrected chi connectivity index (χ1v) is 8.97. The van der Waals surface area contributed by atoms with E-state index < -0.39 is 23.2 Å². The third-order valence-electron chi connectivity index (χ3n) is 6.06. The van der Waals surface area contributed by atoms with Crippen LogP contribution in [0, 0.1) is 17.3 Å². The van der Waals surface area contributed by atoms with Crippen LogP contribution in [-0.4, -0.2) is 40.5 Å². The molecule has 1 saturated carbocycles. The highest BCUT2D eigenvalue weighted by Gasteiger charge is 2.65. The topological polar surface area (TPSA) is 69.6 Å². The van der Waals surface area contributed by atoms with Crippen molar-refractivity contribution in [2.75, 3.05) is 13.1 Å². The maximum Gasteiger partial charge on any atom is 0.307 e. The zero-order chi connectivity index (χ0) is 18.4. The van der Waals surface area contributed by atoms with Gasteiger partial charge < -0.3 is 10.4 Å². The zero-order valence-corrected chi connectivity index (χ0v) is 15.5. The number of carbonyl (C=O) groups excluding carboxylic acids is 1. The molecule has 1 aromatic rings. The lowest BCUT2D eigenvalue weighted by Gasteiger charge is -2.41. The van der Waals surface area contributed by atoms with E-state index in [0.717, 1.165) is 19.5 Å². The summed E-state index contributed by atoms with van der Waals surface area (Å²) in [6.45, 7) is 10.3. The van der Waals surface area contributed by atoms with Crippen LogP contribution >= 0.6 is 0 Å². The number of amides is 1. The van der Waals surface area contributed by atoms with Crippen molar-refractivity contribution in [2.45, 2.75) is 46.2 Å². The third-order valence-corrected chi connectivity index (χ3v) is 6.06. The maximum atomic E-state index is 12.5. The van der Waals surface area contributed by atoms with Gasteiger partial charge in [0.25, 0.3) is 0 Å². The van der Waals surface area contributed by atoms with Crippen molar-refractivity contribution in [2.24, 2.45) is 17.3 Å². The van der Waals surface area contributed by atoms with E-state index in [1.807, 2.05) is 13.8 Å². The van der Waals surface area contributed by atoms with Crippen molar-refractivity contribution in [3.63, 3.8) is 0 Å². The summed E-state index contributed by atoms with van der Waals surface area (Å²) in [5.41, 5.74) is 2.12. The minimum absolute atomic E-state index is 0.136. The Balaban J connectivity index is 1.60. The van der Waals surface area contributed by atoms with Gasteiger partial charge in [-0.1, -0.05) is 38.1 Å². The normalized spacial score (nSPS) is 25.1. The zero-order valence-electron chi connectivity index (χ0n) is 15.5. The van der Waals surface area contributed by atoms with E-state index in [2.05, 4.69) is 48.3 Å².